The summed E-state index contributed by atoms with van der Waals surface area (Å²) >= 11 is 5.98. The van der Waals surface area contributed by atoms with E-state index in [1.54, 1.807) is 29.3 Å². The average Bonchev–Trinajstić information content (AvgIpc) is 2.88. The molecule has 1 aromatic carbocycles. The Morgan fingerprint density at radius 2 is 1.68 bits per heavy atom. The van der Waals surface area contributed by atoms with Crippen LogP contribution in [0.25, 0.3) is 0 Å². The van der Waals surface area contributed by atoms with Crippen molar-refractivity contribution in [3.8, 4) is 0 Å². The van der Waals surface area contributed by atoms with Gasteiger partial charge in [0, 0.05) is 32.4 Å². The van der Waals surface area contributed by atoms with Gasteiger partial charge in [-0.2, -0.15) is 0 Å². The van der Waals surface area contributed by atoms with Crippen LogP contribution in [0.1, 0.15) is 27.3 Å². The normalized spacial score (nSPS) is 15.0. The average molecular weight is 362 g/mol. The van der Waals surface area contributed by atoms with Gasteiger partial charge in [-0.15, -0.1) is 0 Å². The first kappa shape index (κ1) is 17.4. The second-order valence-electron chi connectivity index (χ2n) is 5.75. The third kappa shape index (κ3) is 3.79. The molecule has 25 heavy (non-hydrogen) atoms. The zero-order chi connectivity index (χ0) is 17.8. The quantitative estimate of drug-likeness (QED) is 0.826. The molecule has 2 amide bonds. The zero-order valence-electron chi connectivity index (χ0n) is 13.5. The molecular formula is C18H17ClFN3O2. The number of pyridine rings is 1. The minimum Gasteiger partial charge on any atom is -0.337 e. The van der Waals surface area contributed by atoms with Crippen molar-refractivity contribution in [3.63, 3.8) is 0 Å². The summed E-state index contributed by atoms with van der Waals surface area (Å²) in [6.07, 6.45) is 2.18. The Hall–Kier alpha value is -2.47. The van der Waals surface area contributed by atoms with Crippen LogP contribution in [0.2, 0.25) is 5.02 Å². The summed E-state index contributed by atoms with van der Waals surface area (Å²) in [5.41, 5.74) is 0.257. The molecule has 0 saturated carbocycles. The summed E-state index contributed by atoms with van der Waals surface area (Å²) in [5, 5.41) is 0.0932. The lowest BCUT2D eigenvalue weighted by molar-refractivity contribution is 0.0713. The standard InChI is InChI=1S/C18H17ClFN3O2/c19-13-5-3-6-14(20)16(13)18(25)23-10-4-9-22(11-12-23)17(24)15-7-1-2-8-21-15/h1-3,5-8H,4,9-12H2. The molecule has 130 valence electrons. The van der Waals surface area contributed by atoms with Gasteiger partial charge < -0.3 is 9.80 Å². The van der Waals surface area contributed by atoms with E-state index < -0.39 is 11.7 Å². The van der Waals surface area contributed by atoms with E-state index in [0.717, 1.165) is 0 Å². The molecule has 1 aliphatic rings. The molecule has 0 radical (unpaired) electrons. The molecule has 0 bridgehead atoms. The molecule has 1 fully saturated rings. The van der Waals surface area contributed by atoms with Crippen molar-refractivity contribution in [2.45, 2.75) is 6.42 Å². The fourth-order valence-electron chi connectivity index (χ4n) is 2.84. The fraction of sp³-hybridized carbons (Fsp3) is 0.278. The summed E-state index contributed by atoms with van der Waals surface area (Å²) in [7, 11) is 0. The predicted molar refractivity (Wildman–Crippen MR) is 92.1 cm³/mol. The maximum atomic E-state index is 14.0. The number of nitrogens with zero attached hydrogens (tertiary/aromatic N) is 3. The maximum Gasteiger partial charge on any atom is 0.272 e. The highest BCUT2D eigenvalue weighted by atomic mass is 35.5. The van der Waals surface area contributed by atoms with Crippen molar-refractivity contribution in [2.75, 3.05) is 26.2 Å². The van der Waals surface area contributed by atoms with Crippen LogP contribution in [-0.4, -0.2) is 52.8 Å². The molecule has 1 aromatic heterocycles. The molecule has 7 heteroatoms. The number of aromatic nitrogens is 1. The molecule has 0 aliphatic carbocycles. The molecule has 0 atom stereocenters. The second-order valence-corrected chi connectivity index (χ2v) is 6.16. The fourth-order valence-corrected chi connectivity index (χ4v) is 3.08. The highest BCUT2D eigenvalue weighted by molar-refractivity contribution is 6.33. The number of hydrogen-bond acceptors (Lipinski definition) is 3. The van der Waals surface area contributed by atoms with E-state index in [9.17, 15) is 14.0 Å². The van der Waals surface area contributed by atoms with E-state index in [-0.39, 0.29) is 16.5 Å². The van der Waals surface area contributed by atoms with Crippen molar-refractivity contribution < 1.29 is 14.0 Å². The molecular weight excluding hydrogens is 345 g/mol. The molecule has 2 aromatic rings. The number of benzene rings is 1. The number of hydrogen-bond donors (Lipinski definition) is 0. The van der Waals surface area contributed by atoms with Gasteiger partial charge in [0.1, 0.15) is 11.5 Å². The first-order valence-electron chi connectivity index (χ1n) is 8.01. The first-order chi connectivity index (χ1) is 12.1. The van der Waals surface area contributed by atoms with Gasteiger partial charge >= 0.3 is 0 Å². The Morgan fingerprint density at radius 1 is 0.960 bits per heavy atom. The van der Waals surface area contributed by atoms with Crippen LogP contribution in [0.5, 0.6) is 0 Å². The highest BCUT2D eigenvalue weighted by Crippen LogP contribution is 2.21. The molecule has 3 rings (SSSR count). The van der Waals surface area contributed by atoms with E-state index in [0.29, 0.717) is 38.3 Å². The number of carbonyl (C=O) groups excluding carboxylic acids is 2. The Kier molecular flexibility index (Phi) is 5.28. The predicted octanol–water partition coefficient (Wildman–Crippen LogP) is 2.86. The largest absolute Gasteiger partial charge is 0.337 e. The van der Waals surface area contributed by atoms with Gasteiger partial charge in [-0.1, -0.05) is 23.7 Å². The van der Waals surface area contributed by atoms with Crippen molar-refractivity contribution in [1.29, 1.82) is 0 Å². The summed E-state index contributed by atoms with van der Waals surface area (Å²) in [6, 6.07) is 9.34. The van der Waals surface area contributed by atoms with E-state index in [1.807, 2.05) is 0 Å². The second kappa shape index (κ2) is 7.61. The van der Waals surface area contributed by atoms with Crippen molar-refractivity contribution >= 4 is 23.4 Å². The molecule has 1 aliphatic heterocycles. The van der Waals surface area contributed by atoms with E-state index in [2.05, 4.69) is 4.98 Å². The Labute approximate surface area is 150 Å². The number of rotatable bonds is 2. The zero-order valence-corrected chi connectivity index (χ0v) is 14.2. The summed E-state index contributed by atoms with van der Waals surface area (Å²) in [6.45, 7) is 1.65. The third-order valence-electron chi connectivity index (χ3n) is 4.13. The van der Waals surface area contributed by atoms with Gasteiger partial charge in [0.05, 0.1) is 10.6 Å². The van der Waals surface area contributed by atoms with Crippen LogP contribution in [0.3, 0.4) is 0 Å². The summed E-state index contributed by atoms with van der Waals surface area (Å²) < 4.78 is 14.0. The Bertz CT molecular complexity index is 765. The molecule has 1 saturated heterocycles. The number of amides is 2. The van der Waals surface area contributed by atoms with Gasteiger partial charge in [0.25, 0.3) is 11.8 Å². The number of halogens is 2. The number of carbonyl (C=O) groups is 2. The van der Waals surface area contributed by atoms with Crippen molar-refractivity contribution in [1.82, 2.24) is 14.8 Å². The lowest BCUT2D eigenvalue weighted by Crippen LogP contribution is -2.38. The van der Waals surface area contributed by atoms with E-state index >= 15 is 0 Å². The van der Waals surface area contributed by atoms with Gasteiger partial charge in [-0.25, -0.2) is 4.39 Å². The Morgan fingerprint density at radius 3 is 2.32 bits per heavy atom. The molecule has 5 nitrogen and oxygen atoms in total. The van der Waals surface area contributed by atoms with Crippen LogP contribution < -0.4 is 0 Å². The molecule has 0 N–H and O–H groups in total. The lowest BCUT2D eigenvalue weighted by Gasteiger charge is -2.22. The van der Waals surface area contributed by atoms with E-state index in [4.69, 9.17) is 11.6 Å². The highest BCUT2D eigenvalue weighted by Gasteiger charge is 2.26. The summed E-state index contributed by atoms with van der Waals surface area (Å²) in [4.78, 5) is 32.4. The first-order valence-corrected chi connectivity index (χ1v) is 8.39. The van der Waals surface area contributed by atoms with Gasteiger partial charge in [-0.3, -0.25) is 14.6 Å². The van der Waals surface area contributed by atoms with Crippen LogP contribution in [-0.2, 0) is 0 Å². The Balaban J connectivity index is 1.71. The molecule has 0 spiro atoms. The van der Waals surface area contributed by atoms with Crippen LogP contribution in [0.15, 0.2) is 42.6 Å². The summed E-state index contributed by atoms with van der Waals surface area (Å²) in [5.74, 6) is -1.25. The van der Waals surface area contributed by atoms with Crippen molar-refractivity contribution in [2.24, 2.45) is 0 Å². The molecule has 2 heterocycles. The van der Waals surface area contributed by atoms with E-state index in [1.165, 1.54) is 23.1 Å². The lowest BCUT2D eigenvalue weighted by atomic mass is 10.1. The van der Waals surface area contributed by atoms with Crippen LogP contribution in [0, 0.1) is 5.82 Å². The van der Waals surface area contributed by atoms with Gasteiger partial charge in [0.2, 0.25) is 0 Å². The topological polar surface area (TPSA) is 53.5 Å². The van der Waals surface area contributed by atoms with Gasteiger partial charge in [0.15, 0.2) is 0 Å². The molecule has 0 unspecified atom stereocenters. The van der Waals surface area contributed by atoms with Crippen LogP contribution >= 0.6 is 11.6 Å². The minimum atomic E-state index is -0.636. The van der Waals surface area contributed by atoms with Crippen molar-refractivity contribution in [3.05, 3.63) is 64.7 Å². The maximum absolute atomic E-state index is 14.0. The minimum absolute atomic E-state index is 0.0932. The third-order valence-corrected chi connectivity index (χ3v) is 4.45. The monoisotopic (exact) mass is 361 g/mol. The van der Waals surface area contributed by atoms with Gasteiger partial charge in [-0.05, 0) is 30.7 Å². The SMILES string of the molecule is O=C(c1ccccn1)N1CCCN(C(=O)c2c(F)cccc2Cl)CC1. The van der Waals surface area contributed by atoms with Crippen LogP contribution in [0.4, 0.5) is 4.39 Å². The smallest absolute Gasteiger partial charge is 0.272 e.